The van der Waals surface area contributed by atoms with Crippen molar-refractivity contribution in [1.29, 1.82) is 0 Å². The number of rotatable bonds is 2. The molecule has 19 heavy (non-hydrogen) atoms. The van der Waals surface area contributed by atoms with E-state index in [-0.39, 0.29) is 22.0 Å². The number of carboxylic acid groups (broad SMARTS) is 1. The summed E-state index contributed by atoms with van der Waals surface area (Å²) < 4.78 is 37.1. The zero-order valence-electron chi connectivity index (χ0n) is 8.99. The highest BCUT2D eigenvalue weighted by atomic mass is 35.5. The molecule has 0 fully saturated rings. The lowest BCUT2D eigenvalue weighted by atomic mass is 10.2. The standard InChI is InChI=1S/C10H5ClF3N3O2/c11-5-1-4(3-15-8(5)9(18)19)6-2-7(17-16-6)10(12,13)14/h1-3H,(H,16,17)(H,18,19). The molecule has 0 amide bonds. The topological polar surface area (TPSA) is 78.9 Å². The van der Waals surface area contributed by atoms with Gasteiger partial charge in [0.1, 0.15) is 5.69 Å². The van der Waals surface area contributed by atoms with E-state index in [1.165, 1.54) is 6.07 Å². The molecule has 2 heterocycles. The number of H-pyrrole nitrogens is 1. The van der Waals surface area contributed by atoms with Gasteiger partial charge in [-0.3, -0.25) is 5.10 Å². The summed E-state index contributed by atoms with van der Waals surface area (Å²) in [5, 5.41) is 13.9. The van der Waals surface area contributed by atoms with Crippen molar-refractivity contribution in [3.63, 3.8) is 0 Å². The van der Waals surface area contributed by atoms with E-state index in [2.05, 4.69) is 10.1 Å². The number of carbonyl (C=O) groups is 1. The highest BCUT2D eigenvalue weighted by Gasteiger charge is 2.33. The number of nitrogens with zero attached hydrogens (tertiary/aromatic N) is 2. The van der Waals surface area contributed by atoms with Gasteiger partial charge in [-0.25, -0.2) is 9.78 Å². The Hall–Kier alpha value is -2.09. The molecule has 0 aromatic carbocycles. The fourth-order valence-electron chi connectivity index (χ4n) is 1.35. The van der Waals surface area contributed by atoms with Crippen molar-refractivity contribution in [2.45, 2.75) is 6.18 Å². The Morgan fingerprint density at radius 1 is 1.37 bits per heavy atom. The Kier molecular flexibility index (Phi) is 3.19. The predicted molar refractivity (Wildman–Crippen MR) is 58.8 cm³/mol. The van der Waals surface area contributed by atoms with Crippen LogP contribution in [0.25, 0.3) is 11.3 Å². The first kappa shape index (κ1) is 13.3. The molecule has 0 radical (unpaired) electrons. The van der Waals surface area contributed by atoms with Crippen LogP contribution in [0.2, 0.25) is 5.02 Å². The van der Waals surface area contributed by atoms with Crippen LogP contribution in [0, 0.1) is 0 Å². The van der Waals surface area contributed by atoms with Crippen molar-refractivity contribution in [1.82, 2.24) is 15.2 Å². The molecule has 0 saturated heterocycles. The minimum absolute atomic E-state index is 0.0290. The van der Waals surface area contributed by atoms with Crippen LogP contribution in [0.3, 0.4) is 0 Å². The highest BCUT2D eigenvalue weighted by molar-refractivity contribution is 6.33. The van der Waals surface area contributed by atoms with Crippen LogP contribution in [0.15, 0.2) is 18.3 Å². The molecule has 0 aliphatic rings. The normalized spacial score (nSPS) is 11.6. The monoisotopic (exact) mass is 291 g/mol. The Bertz CT molecular complexity index is 639. The van der Waals surface area contributed by atoms with E-state index in [1.807, 2.05) is 5.10 Å². The van der Waals surface area contributed by atoms with Gasteiger partial charge in [0.25, 0.3) is 0 Å². The molecule has 2 N–H and O–H groups in total. The molecular formula is C10H5ClF3N3O2. The number of halogens is 4. The number of carboxylic acids is 1. The molecule has 0 unspecified atom stereocenters. The number of pyridine rings is 1. The fraction of sp³-hybridized carbons (Fsp3) is 0.100. The van der Waals surface area contributed by atoms with Crippen LogP contribution >= 0.6 is 11.6 Å². The third kappa shape index (κ3) is 2.68. The second-order valence-corrected chi connectivity index (χ2v) is 3.93. The number of alkyl halides is 3. The summed E-state index contributed by atoms with van der Waals surface area (Å²) in [7, 11) is 0. The van der Waals surface area contributed by atoms with Gasteiger partial charge in [0.15, 0.2) is 5.69 Å². The molecular weight excluding hydrogens is 287 g/mol. The van der Waals surface area contributed by atoms with Gasteiger partial charge in [-0.1, -0.05) is 11.6 Å². The van der Waals surface area contributed by atoms with Crippen LogP contribution in [-0.2, 0) is 6.18 Å². The largest absolute Gasteiger partial charge is 0.476 e. The quantitative estimate of drug-likeness (QED) is 0.891. The summed E-state index contributed by atoms with van der Waals surface area (Å²) in [6, 6.07) is 1.97. The van der Waals surface area contributed by atoms with Gasteiger partial charge in [0.05, 0.1) is 10.7 Å². The molecule has 0 aliphatic heterocycles. The molecule has 0 bridgehead atoms. The van der Waals surface area contributed by atoms with Crippen molar-refractivity contribution in [2.75, 3.05) is 0 Å². The maximum atomic E-state index is 12.4. The molecule has 2 rings (SSSR count). The van der Waals surface area contributed by atoms with Crippen molar-refractivity contribution in [3.05, 3.63) is 34.7 Å². The van der Waals surface area contributed by atoms with Gasteiger partial charge >= 0.3 is 12.1 Å². The van der Waals surface area contributed by atoms with E-state index in [4.69, 9.17) is 16.7 Å². The Morgan fingerprint density at radius 3 is 2.53 bits per heavy atom. The van der Waals surface area contributed by atoms with Crippen molar-refractivity contribution >= 4 is 17.6 Å². The third-order valence-corrected chi connectivity index (χ3v) is 2.51. The molecule has 0 saturated carbocycles. The highest BCUT2D eigenvalue weighted by Crippen LogP contribution is 2.30. The second kappa shape index (κ2) is 4.54. The number of aromatic nitrogens is 3. The summed E-state index contributed by atoms with van der Waals surface area (Å²) in [6.07, 6.45) is -3.45. The number of hydrogen-bond donors (Lipinski definition) is 2. The maximum Gasteiger partial charge on any atom is 0.432 e. The van der Waals surface area contributed by atoms with Gasteiger partial charge in [-0.2, -0.15) is 18.3 Å². The van der Waals surface area contributed by atoms with Gasteiger partial charge in [0, 0.05) is 11.8 Å². The minimum atomic E-state index is -4.54. The van der Waals surface area contributed by atoms with Gasteiger partial charge in [0.2, 0.25) is 0 Å². The summed E-state index contributed by atoms with van der Waals surface area (Å²) >= 11 is 5.67. The summed E-state index contributed by atoms with van der Waals surface area (Å²) in [5.74, 6) is -1.32. The van der Waals surface area contributed by atoms with Crippen LogP contribution in [-0.4, -0.2) is 26.3 Å². The zero-order valence-corrected chi connectivity index (χ0v) is 9.75. The summed E-state index contributed by atoms with van der Waals surface area (Å²) in [4.78, 5) is 14.2. The second-order valence-electron chi connectivity index (χ2n) is 3.52. The fourth-order valence-corrected chi connectivity index (χ4v) is 1.60. The Morgan fingerprint density at radius 2 is 2.05 bits per heavy atom. The van der Waals surface area contributed by atoms with Crippen molar-refractivity contribution in [2.24, 2.45) is 0 Å². The lowest BCUT2D eigenvalue weighted by Gasteiger charge is -2.01. The van der Waals surface area contributed by atoms with Crippen LogP contribution in [0.5, 0.6) is 0 Å². The first-order chi connectivity index (χ1) is 8.79. The lowest BCUT2D eigenvalue weighted by Crippen LogP contribution is -2.04. The number of hydrogen-bond acceptors (Lipinski definition) is 3. The summed E-state index contributed by atoms with van der Waals surface area (Å²) in [6.45, 7) is 0. The predicted octanol–water partition coefficient (Wildman–Crippen LogP) is 2.84. The van der Waals surface area contributed by atoms with Crippen LogP contribution in [0.4, 0.5) is 13.2 Å². The Labute approximate surface area is 109 Å². The molecule has 0 aliphatic carbocycles. The summed E-state index contributed by atoms with van der Waals surface area (Å²) in [5.41, 5.74) is -1.24. The zero-order chi connectivity index (χ0) is 14.2. The van der Waals surface area contributed by atoms with Gasteiger partial charge in [-0.15, -0.1) is 0 Å². The molecule has 100 valence electrons. The van der Waals surface area contributed by atoms with Crippen LogP contribution < -0.4 is 0 Å². The average molecular weight is 292 g/mol. The van der Waals surface area contributed by atoms with Gasteiger partial charge < -0.3 is 5.11 Å². The first-order valence-electron chi connectivity index (χ1n) is 4.81. The molecule has 5 nitrogen and oxygen atoms in total. The van der Waals surface area contributed by atoms with E-state index >= 15 is 0 Å². The SMILES string of the molecule is O=C(O)c1ncc(-c2cc(C(F)(F)F)[nH]n2)cc1Cl. The third-order valence-electron chi connectivity index (χ3n) is 2.22. The van der Waals surface area contributed by atoms with E-state index in [0.29, 0.717) is 0 Å². The molecule has 0 atom stereocenters. The van der Waals surface area contributed by atoms with E-state index in [0.717, 1.165) is 12.3 Å². The van der Waals surface area contributed by atoms with E-state index in [1.54, 1.807) is 0 Å². The van der Waals surface area contributed by atoms with E-state index < -0.39 is 17.8 Å². The van der Waals surface area contributed by atoms with E-state index in [9.17, 15) is 18.0 Å². The Balaban J connectivity index is 2.40. The maximum absolute atomic E-state index is 12.4. The number of aromatic carboxylic acids is 1. The first-order valence-corrected chi connectivity index (χ1v) is 5.18. The average Bonchev–Trinajstić information content (AvgIpc) is 2.76. The smallest absolute Gasteiger partial charge is 0.432 e. The number of nitrogens with one attached hydrogen (secondary N) is 1. The van der Waals surface area contributed by atoms with Crippen molar-refractivity contribution < 1.29 is 23.1 Å². The van der Waals surface area contributed by atoms with Crippen molar-refractivity contribution in [3.8, 4) is 11.3 Å². The number of aromatic amines is 1. The molecule has 2 aromatic rings. The minimum Gasteiger partial charge on any atom is -0.476 e. The van der Waals surface area contributed by atoms with Crippen LogP contribution in [0.1, 0.15) is 16.2 Å². The molecule has 9 heteroatoms. The lowest BCUT2D eigenvalue weighted by molar-refractivity contribution is -0.141. The molecule has 2 aromatic heterocycles. The molecule has 0 spiro atoms. The van der Waals surface area contributed by atoms with Gasteiger partial charge in [-0.05, 0) is 12.1 Å².